The summed E-state index contributed by atoms with van der Waals surface area (Å²) in [5.74, 6) is -0.555. The number of rotatable bonds is 5. The maximum atomic E-state index is 12.9. The molecule has 0 bridgehead atoms. The lowest BCUT2D eigenvalue weighted by atomic mass is 9.50. The van der Waals surface area contributed by atoms with E-state index in [0.717, 1.165) is 12.8 Å². The number of ether oxygens (including phenoxy) is 2. The number of carbonyl (C=O) groups excluding carboxylic acids is 3. The van der Waals surface area contributed by atoms with E-state index in [2.05, 4.69) is 0 Å². The molecule has 0 aliphatic heterocycles. The highest BCUT2D eigenvalue weighted by molar-refractivity contribution is 5.90. The smallest absolute Gasteiger partial charge is 0.338 e. The van der Waals surface area contributed by atoms with Crippen molar-refractivity contribution in [2.45, 2.75) is 52.1 Å². The molecule has 0 amide bonds. The Morgan fingerprint density at radius 3 is 2.12 bits per heavy atom. The van der Waals surface area contributed by atoms with Crippen LogP contribution < -0.4 is 0 Å². The molecule has 0 saturated heterocycles. The van der Waals surface area contributed by atoms with Crippen molar-refractivity contribution in [1.82, 2.24) is 0 Å². The average Bonchev–Trinajstić information content (AvgIpc) is 2.82. The van der Waals surface area contributed by atoms with Gasteiger partial charge in [-0.2, -0.15) is 0 Å². The van der Waals surface area contributed by atoms with Crippen molar-refractivity contribution >= 4 is 17.7 Å². The van der Waals surface area contributed by atoms with E-state index in [1.807, 2.05) is 26.0 Å². The second-order valence-electron chi connectivity index (χ2n) is 9.53. The Kier molecular flexibility index (Phi) is 6.18. The molecule has 0 radical (unpaired) electrons. The molecule has 0 heterocycles. The monoisotopic (exact) mass is 434 g/mol. The number of carbonyl (C=O) groups is 3. The summed E-state index contributed by atoms with van der Waals surface area (Å²) in [5.41, 5.74) is -0.170. The van der Waals surface area contributed by atoms with E-state index in [9.17, 15) is 14.4 Å². The molecule has 2 fully saturated rings. The first-order valence-corrected chi connectivity index (χ1v) is 11.4. The maximum absolute atomic E-state index is 12.9. The molecule has 2 aromatic rings. The Bertz CT molecular complexity index is 986. The van der Waals surface area contributed by atoms with Crippen LogP contribution >= 0.6 is 0 Å². The first-order chi connectivity index (χ1) is 15.3. The minimum atomic E-state index is -0.655. The zero-order valence-electron chi connectivity index (χ0n) is 18.7. The van der Waals surface area contributed by atoms with Crippen molar-refractivity contribution in [3.8, 4) is 0 Å². The molecular weight excluding hydrogens is 404 g/mol. The quantitative estimate of drug-likeness (QED) is 0.602. The lowest BCUT2D eigenvalue weighted by Crippen LogP contribution is -2.58. The molecule has 32 heavy (non-hydrogen) atoms. The van der Waals surface area contributed by atoms with Crippen LogP contribution in [0.15, 0.2) is 60.7 Å². The van der Waals surface area contributed by atoms with Crippen molar-refractivity contribution < 1.29 is 23.9 Å². The van der Waals surface area contributed by atoms with Gasteiger partial charge in [0.1, 0.15) is 18.5 Å². The number of ketones is 1. The normalized spacial score (nSPS) is 29.6. The molecule has 0 spiro atoms. The maximum Gasteiger partial charge on any atom is 0.338 e. The van der Waals surface area contributed by atoms with Crippen LogP contribution in [0.2, 0.25) is 0 Å². The Morgan fingerprint density at radius 2 is 1.50 bits per heavy atom. The molecule has 5 nitrogen and oxygen atoms in total. The third-order valence-corrected chi connectivity index (χ3v) is 7.54. The summed E-state index contributed by atoms with van der Waals surface area (Å²) in [7, 11) is 0. The van der Waals surface area contributed by atoms with Crippen molar-refractivity contribution in [2.75, 3.05) is 6.61 Å². The number of benzene rings is 2. The van der Waals surface area contributed by atoms with Gasteiger partial charge in [-0.3, -0.25) is 4.79 Å². The van der Waals surface area contributed by atoms with Gasteiger partial charge in [0.15, 0.2) is 0 Å². The Morgan fingerprint density at radius 1 is 0.906 bits per heavy atom. The summed E-state index contributed by atoms with van der Waals surface area (Å²) in [6.07, 6.45) is 3.04. The fourth-order valence-electron chi connectivity index (χ4n) is 5.66. The van der Waals surface area contributed by atoms with Gasteiger partial charge in [-0.05, 0) is 55.9 Å². The summed E-state index contributed by atoms with van der Waals surface area (Å²) >= 11 is 0. The van der Waals surface area contributed by atoms with Crippen molar-refractivity contribution in [3.63, 3.8) is 0 Å². The van der Waals surface area contributed by atoms with E-state index in [0.29, 0.717) is 30.4 Å². The van der Waals surface area contributed by atoms with Gasteiger partial charge in [0.25, 0.3) is 0 Å². The summed E-state index contributed by atoms with van der Waals surface area (Å²) in [6, 6.07) is 17.8. The highest BCUT2D eigenvalue weighted by Crippen LogP contribution is 2.57. The van der Waals surface area contributed by atoms with E-state index in [-0.39, 0.29) is 24.3 Å². The lowest BCUT2D eigenvalue weighted by molar-refractivity contribution is -0.165. The largest absolute Gasteiger partial charge is 0.461 e. The number of esters is 2. The van der Waals surface area contributed by atoms with Crippen molar-refractivity contribution in [1.29, 1.82) is 0 Å². The molecular formula is C27H30O5. The lowest BCUT2D eigenvalue weighted by Gasteiger charge is -2.56. The third-order valence-electron chi connectivity index (χ3n) is 7.54. The Labute approximate surface area is 189 Å². The van der Waals surface area contributed by atoms with Gasteiger partial charge >= 0.3 is 11.9 Å². The topological polar surface area (TPSA) is 69.7 Å². The standard InChI is InChI=1S/C27H30O5/c1-26-17-16-23(32-25(30)20-12-7-4-8-13-20)27(2,21(26)14-9-15-22(26)28)18-31-24(29)19-10-5-3-6-11-19/h3-8,10-13,21,23H,9,14-18H2,1-2H3/t21-,23+,26+,27-/m1/s1. The number of hydrogen-bond acceptors (Lipinski definition) is 5. The second kappa shape index (κ2) is 8.89. The van der Waals surface area contributed by atoms with Crippen LogP contribution in [0.4, 0.5) is 0 Å². The molecule has 0 aromatic heterocycles. The second-order valence-corrected chi connectivity index (χ2v) is 9.53. The SMILES string of the molecule is C[C@]1(COC(=O)c2ccccc2)[C@@H](OC(=O)c2ccccc2)CC[C@]2(C)C(=O)CCC[C@@H]12. The Balaban J connectivity index is 1.60. The molecule has 168 valence electrons. The summed E-state index contributed by atoms with van der Waals surface area (Å²) in [5, 5.41) is 0. The zero-order chi connectivity index (χ0) is 22.8. The van der Waals surface area contributed by atoms with Gasteiger partial charge in [0.2, 0.25) is 0 Å². The van der Waals surface area contributed by atoms with E-state index in [1.165, 1.54) is 0 Å². The van der Waals surface area contributed by atoms with Gasteiger partial charge in [0.05, 0.1) is 11.1 Å². The van der Waals surface area contributed by atoms with Gasteiger partial charge in [-0.25, -0.2) is 9.59 Å². The van der Waals surface area contributed by atoms with Crippen molar-refractivity contribution in [2.24, 2.45) is 16.7 Å². The fourth-order valence-corrected chi connectivity index (χ4v) is 5.66. The van der Waals surface area contributed by atoms with Crippen LogP contribution in [0, 0.1) is 16.7 Å². The molecule has 2 aliphatic rings. The van der Waals surface area contributed by atoms with Crippen LogP contribution in [0.25, 0.3) is 0 Å². The summed E-state index contributed by atoms with van der Waals surface area (Å²) in [6.45, 7) is 4.14. The fraction of sp³-hybridized carbons (Fsp3) is 0.444. The number of hydrogen-bond donors (Lipinski definition) is 0. The Hall–Kier alpha value is -2.95. The van der Waals surface area contributed by atoms with Crippen LogP contribution in [0.3, 0.4) is 0 Å². The summed E-state index contributed by atoms with van der Waals surface area (Å²) < 4.78 is 11.8. The van der Waals surface area contributed by atoms with Crippen molar-refractivity contribution in [3.05, 3.63) is 71.8 Å². The average molecular weight is 435 g/mol. The molecule has 2 aliphatic carbocycles. The van der Waals surface area contributed by atoms with Gasteiger partial charge in [-0.15, -0.1) is 0 Å². The van der Waals surface area contributed by atoms with E-state index < -0.39 is 22.9 Å². The minimum absolute atomic E-state index is 0.0258. The van der Waals surface area contributed by atoms with Gasteiger partial charge in [0, 0.05) is 17.3 Å². The summed E-state index contributed by atoms with van der Waals surface area (Å²) in [4.78, 5) is 38.5. The number of Topliss-reactive ketones (excluding diaryl/α,β-unsaturated/α-hetero) is 1. The van der Waals surface area contributed by atoms with Gasteiger partial charge in [-0.1, -0.05) is 50.2 Å². The molecule has 2 aromatic carbocycles. The first kappa shape index (κ1) is 22.3. The predicted octanol–water partition coefficient (Wildman–Crippen LogP) is 5.24. The molecule has 0 N–H and O–H groups in total. The number of fused-ring (bicyclic) bond motifs is 1. The highest BCUT2D eigenvalue weighted by Gasteiger charge is 2.59. The first-order valence-electron chi connectivity index (χ1n) is 11.4. The molecule has 5 heteroatoms. The van der Waals surface area contributed by atoms with E-state index in [4.69, 9.17) is 9.47 Å². The molecule has 2 saturated carbocycles. The van der Waals surface area contributed by atoms with Gasteiger partial charge < -0.3 is 9.47 Å². The zero-order valence-corrected chi connectivity index (χ0v) is 18.7. The molecule has 4 rings (SSSR count). The third kappa shape index (κ3) is 4.08. The van der Waals surface area contributed by atoms with Crippen LogP contribution in [0.5, 0.6) is 0 Å². The van der Waals surface area contributed by atoms with E-state index in [1.54, 1.807) is 48.5 Å². The van der Waals surface area contributed by atoms with Crippen LogP contribution in [0.1, 0.15) is 66.7 Å². The highest BCUT2D eigenvalue weighted by atomic mass is 16.6. The molecule has 0 unspecified atom stereocenters. The molecule has 4 atom stereocenters. The van der Waals surface area contributed by atoms with Crippen LogP contribution in [-0.2, 0) is 14.3 Å². The minimum Gasteiger partial charge on any atom is -0.461 e. The van der Waals surface area contributed by atoms with Crippen LogP contribution in [-0.4, -0.2) is 30.4 Å². The van der Waals surface area contributed by atoms with E-state index >= 15 is 0 Å². The predicted molar refractivity (Wildman–Crippen MR) is 120 cm³/mol.